The second-order valence-electron chi connectivity index (χ2n) is 1.65. The first kappa shape index (κ1) is 11.2. The lowest BCUT2D eigenvalue weighted by Crippen LogP contribution is -2.06. The Labute approximate surface area is 54.2 Å². The molecule has 0 saturated carbocycles. The molecule has 4 heteroatoms. The maximum atomic E-state index is 9.93. The Bertz CT molecular complexity index is 74.6. The van der Waals surface area contributed by atoms with Gasteiger partial charge in [0.15, 0.2) is 0 Å². The number of hydrogen-bond acceptors (Lipinski definition) is 3. The molecule has 1 atom stereocenters. The van der Waals surface area contributed by atoms with Crippen LogP contribution >= 0.6 is 0 Å². The highest BCUT2D eigenvalue weighted by atomic mass is 16.4. The number of rotatable bonds is 2. The summed E-state index contributed by atoms with van der Waals surface area (Å²) in [5.41, 5.74) is 0. The van der Waals surface area contributed by atoms with Crippen molar-refractivity contribution < 1.29 is 15.1 Å². The third-order valence-corrected chi connectivity index (χ3v) is 1.03. The molecule has 0 aliphatic carbocycles. The Morgan fingerprint density at radius 3 is 2.00 bits per heavy atom. The normalized spacial score (nSPS) is 11.1. The monoisotopic (exact) mass is 135 g/mol. The Balaban J connectivity index is 0. The summed E-state index contributed by atoms with van der Waals surface area (Å²) < 4.78 is 0. The first-order valence-corrected chi connectivity index (χ1v) is 2.67. The van der Waals surface area contributed by atoms with Gasteiger partial charge in [-0.1, -0.05) is 13.8 Å². The highest BCUT2D eigenvalue weighted by molar-refractivity contribution is 5.69. The van der Waals surface area contributed by atoms with Crippen molar-refractivity contribution in [2.45, 2.75) is 20.3 Å². The molecular formula is C5H13NO3. The predicted octanol–water partition coefficient (Wildman–Crippen LogP) is 0.451. The third kappa shape index (κ3) is 7.39. The number of carboxylic acid groups (broad SMARTS) is 1. The molecule has 0 aromatic heterocycles. The van der Waals surface area contributed by atoms with Crippen molar-refractivity contribution in [2.24, 2.45) is 11.8 Å². The molecule has 0 rings (SSSR count). The maximum Gasteiger partial charge on any atom is 0.306 e. The molecule has 0 aliphatic heterocycles. The van der Waals surface area contributed by atoms with Gasteiger partial charge in [-0.15, -0.1) is 0 Å². The van der Waals surface area contributed by atoms with Crippen molar-refractivity contribution in [1.82, 2.24) is 0 Å². The van der Waals surface area contributed by atoms with E-state index in [2.05, 4.69) is 5.90 Å². The average Bonchev–Trinajstić information content (AvgIpc) is 1.91. The second-order valence-corrected chi connectivity index (χ2v) is 1.65. The summed E-state index contributed by atoms with van der Waals surface area (Å²) in [5.74, 6) is 2.61. The van der Waals surface area contributed by atoms with Gasteiger partial charge in [0.25, 0.3) is 0 Å². The average molecular weight is 135 g/mol. The van der Waals surface area contributed by atoms with E-state index < -0.39 is 5.97 Å². The van der Waals surface area contributed by atoms with Gasteiger partial charge in [0, 0.05) is 0 Å². The minimum atomic E-state index is -0.706. The zero-order valence-electron chi connectivity index (χ0n) is 5.66. The molecule has 0 amide bonds. The van der Waals surface area contributed by atoms with E-state index in [1.54, 1.807) is 6.92 Å². The first-order valence-electron chi connectivity index (χ1n) is 2.67. The lowest BCUT2D eigenvalue weighted by atomic mass is 10.1. The molecule has 0 saturated heterocycles. The summed E-state index contributed by atoms with van der Waals surface area (Å²) in [6.07, 6.45) is 0.718. The topological polar surface area (TPSA) is 83.5 Å². The quantitative estimate of drug-likeness (QED) is 0.480. The van der Waals surface area contributed by atoms with Gasteiger partial charge < -0.3 is 10.3 Å². The van der Waals surface area contributed by atoms with Gasteiger partial charge in [-0.3, -0.25) is 4.79 Å². The fraction of sp³-hybridized carbons (Fsp3) is 0.800. The molecule has 0 fully saturated rings. The van der Waals surface area contributed by atoms with E-state index in [0.717, 1.165) is 6.42 Å². The smallest absolute Gasteiger partial charge is 0.306 e. The molecule has 0 bridgehead atoms. The van der Waals surface area contributed by atoms with E-state index in [1.807, 2.05) is 6.92 Å². The standard InChI is InChI=1S/C5H10O2.H3NO/c1-3-4(2)5(6)7;1-2/h4H,3H2,1-2H3,(H,6,7);2H,1H2. The van der Waals surface area contributed by atoms with Crippen LogP contribution in [0.4, 0.5) is 0 Å². The number of aliphatic carboxylic acids is 1. The first-order chi connectivity index (χ1) is 4.18. The van der Waals surface area contributed by atoms with Crippen LogP contribution in [0.3, 0.4) is 0 Å². The lowest BCUT2D eigenvalue weighted by Gasteiger charge is -1.96. The van der Waals surface area contributed by atoms with Crippen molar-refractivity contribution in [3.63, 3.8) is 0 Å². The van der Waals surface area contributed by atoms with E-state index in [1.165, 1.54) is 0 Å². The summed E-state index contributed by atoms with van der Waals surface area (Å²) in [4.78, 5) is 9.93. The van der Waals surface area contributed by atoms with Crippen molar-refractivity contribution in [2.75, 3.05) is 0 Å². The number of hydrogen-bond donors (Lipinski definition) is 3. The predicted molar refractivity (Wildman–Crippen MR) is 33.1 cm³/mol. The zero-order valence-corrected chi connectivity index (χ0v) is 5.66. The fourth-order valence-electron chi connectivity index (χ4n) is 0.175. The summed E-state index contributed by atoms with van der Waals surface area (Å²) in [7, 11) is 0. The number of carbonyl (C=O) groups is 1. The Hall–Kier alpha value is -0.610. The van der Waals surface area contributed by atoms with Crippen LogP contribution in [0.2, 0.25) is 0 Å². The van der Waals surface area contributed by atoms with E-state index in [9.17, 15) is 4.79 Å². The summed E-state index contributed by atoms with van der Waals surface area (Å²) in [6, 6.07) is 0. The second kappa shape index (κ2) is 7.39. The van der Waals surface area contributed by atoms with Gasteiger partial charge in [0.2, 0.25) is 0 Å². The molecule has 0 radical (unpaired) electrons. The third-order valence-electron chi connectivity index (χ3n) is 1.03. The Morgan fingerprint density at radius 2 is 2.00 bits per heavy atom. The van der Waals surface area contributed by atoms with Gasteiger partial charge in [-0.2, -0.15) is 0 Å². The molecule has 0 aromatic rings. The van der Waals surface area contributed by atoms with Crippen LogP contribution in [-0.4, -0.2) is 16.3 Å². The molecule has 4 nitrogen and oxygen atoms in total. The van der Waals surface area contributed by atoms with Crippen LogP contribution in [0.5, 0.6) is 0 Å². The molecular weight excluding hydrogens is 122 g/mol. The van der Waals surface area contributed by atoms with Crippen molar-refractivity contribution >= 4 is 5.97 Å². The van der Waals surface area contributed by atoms with Crippen molar-refractivity contribution in [3.05, 3.63) is 0 Å². The highest BCUT2D eigenvalue weighted by Crippen LogP contribution is 1.97. The van der Waals surface area contributed by atoms with Crippen LogP contribution in [0.25, 0.3) is 0 Å². The van der Waals surface area contributed by atoms with Crippen LogP contribution in [-0.2, 0) is 4.79 Å². The minimum Gasteiger partial charge on any atom is -0.481 e. The molecule has 4 N–H and O–H groups in total. The van der Waals surface area contributed by atoms with Gasteiger partial charge in [0.1, 0.15) is 0 Å². The van der Waals surface area contributed by atoms with Crippen molar-refractivity contribution in [3.8, 4) is 0 Å². The minimum absolute atomic E-state index is 0.181. The zero-order chi connectivity index (χ0) is 7.86. The van der Waals surface area contributed by atoms with E-state index in [-0.39, 0.29) is 5.92 Å². The van der Waals surface area contributed by atoms with Crippen LogP contribution in [0.15, 0.2) is 0 Å². The Morgan fingerprint density at radius 1 is 1.67 bits per heavy atom. The van der Waals surface area contributed by atoms with Gasteiger partial charge in [-0.05, 0) is 6.42 Å². The van der Waals surface area contributed by atoms with Gasteiger partial charge >= 0.3 is 5.97 Å². The van der Waals surface area contributed by atoms with Gasteiger partial charge in [-0.25, -0.2) is 5.90 Å². The molecule has 56 valence electrons. The van der Waals surface area contributed by atoms with Crippen molar-refractivity contribution in [1.29, 1.82) is 0 Å². The number of carboxylic acids is 1. The summed E-state index contributed by atoms with van der Waals surface area (Å²) in [6.45, 7) is 3.56. The van der Waals surface area contributed by atoms with Crippen LogP contribution < -0.4 is 5.90 Å². The van der Waals surface area contributed by atoms with E-state index in [0.29, 0.717) is 0 Å². The molecule has 0 aromatic carbocycles. The van der Waals surface area contributed by atoms with E-state index in [4.69, 9.17) is 10.3 Å². The number of nitrogens with two attached hydrogens (primary N) is 1. The Kier molecular flexibility index (Phi) is 9.21. The summed E-state index contributed by atoms with van der Waals surface area (Å²) in [5, 5.41) is 14.7. The molecule has 1 unspecified atom stereocenters. The highest BCUT2D eigenvalue weighted by Gasteiger charge is 2.05. The molecule has 0 spiro atoms. The van der Waals surface area contributed by atoms with E-state index >= 15 is 0 Å². The SMILES string of the molecule is CCC(C)C(=O)O.NO. The molecule has 0 aliphatic rings. The maximum absolute atomic E-state index is 9.93. The molecule has 9 heavy (non-hydrogen) atoms. The molecule has 0 heterocycles. The lowest BCUT2D eigenvalue weighted by molar-refractivity contribution is -0.141. The largest absolute Gasteiger partial charge is 0.481 e. The van der Waals surface area contributed by atoms with Gasteiger partial charge in [0.05, 0.1) is 5.92 Å². The van der Waals surface area contributed by atoms with Crippen LogP contribution in [0.1, 0.15) is 20.3 Å². The summed E-state index contributed by atoms with van der Waals surface area (Å²) >= 11 is 0. The van der Waals surface area contributed by atoms with Crippen LogP contribution in [0, 0.1) is 5.92 Å². The fourth-order valence-corrected chi connectivity index (χ4v) is 0.175.